The Labute approximate surface area is 249 Å². The van der Waals surface area contributed by atoms with Gasteiger partial charge in [-0.2, -0.15) is 5.10 Å². The Morgan fingerprint density at radius 1 is 1.12 bits per heavy atom. The van der Waals surface area contributed by atoms with Crippen molar-refractivity contribution in [1.82, 2.24) is 25.3 Å². The van der Waals surface area contributed by atoms with Gasteiger partial charge in [-0.05, 0) is 49.4 Å². The van der Waals surface area contributed by atoms with Gasteiger partial charge in [0.1, 0.15) is 17.3 Å². The van der Waals surface area contributed by atoms with Crippen molar-refractivity contribution in [3.63, 3.8) is 0 Å². The molecule has 3 aromatic heterocycles. The Balaban J connectivity index is 0.000000966. The van der Waals surface area contributed by atoms with Gasteiger partial charge in [0.25, 0.3) is 17.9 Å². The van der Waals surface area contributed by atoms with Gasteiger partial charge in [0.05, 0.1) is 24.2 Å². The molecule has 0 bridgehead atoms. The van der Waals surface area contributed by atoms with Crippen molar-refractivity contribution in [2.75, 3.05) is 7.11 Å². The van der Waals surface area contributed by atoms with E-state index in [-0.39, 0.29) is 39.2 Å². The van der Waals surface area contributed by atoms with E-state index in [0.717, 1.165) is 18.4 Å². The van der Waals surface area contributed by atoms with Gasteiger partial charge < -0.3 is 4.74 Å². The zero-order chi connectivity index (χ0) is 31.4. The fourth-order valence-corrected chi connectivity index (χ4v) is 4.88. The van der Waals surface area contributed by atoms with Gasteiger partial charge in [-0.1, -0.05) is 39.5 Å². The van der Waals surface area contributed by atoms with Crippen LogP contribution in [0.1, 0.15) is 68.6 Å². The Hall–Kier alpha value is -4.24. The molecule has 2 N–H and O–H groups in total. The number of aromatic nitrogens is 3. The van der Waals surface area contributed by atoms with Crippen LogP contribution >= 0.6 is 11.8 Å². The van der Waals surface area contributed by atoms with Gasteiger partial charge in [0.2, 0.25) is 0 Å². The fraction of sp³-hybridized carbons (Fsp3) is 0.367. The molecular weight excluding hydrogens is 562 g/mol. The number of ether oxygens (including phenoxy) is 1. The molecule has 0 radical (unpaired) electrons. The summed E-state index contributed by atoms with van der Waals surface area (Å²) in [6, 6.07) is 5.85. The van der Waals surface area contributed by atoms with Crippen molar-refractivity contribution < 1.29 is 18.3 Å². The van der Waals surface area contributed by atoms with Crippen molar-refractivity contribution in [2.45, 2.75) is 59.3 Å². The summed E-state index contributed by atoms with van der Waals surface area (Å²) < 4.78 is 33.7. The summed E-state index contributed by atoms with van der Waals surface area (Å²) in [5.41, 5.74) is 3.56. The first-order valence-corrected chi connectivity index (χ1v) is 14.4. The highest BCUT2D eigenvalue weighted by molar-refractivity contribution is 8.14. The van der Waals surface area contributed by atoms with Crippen LogP contribution in [0.3, 0.4) is 0 Å². The largest absolute Gasteiger partial charge is 0.494 e. The quantitative estimate of drug-likeness (QED) is 0.339. The molecule has 2 aliphatic rings. The molecule has 42 heavy (non-hydrogen) atoms. The van der Waals surface area contributed by atoms with Gasteiger partial charge in [-0.3, -0.25) is 29.9 Å². The molecule has 0 spiro atoms. The number of nitrogens with one attached hydrogen (secondary N) is 2. The summed E-state index contributed by atoms with van der Waals surface area (Å²) in [6.45, 7) is 9.79. The number of pyridine rings is 3. The molecule has 0 saturated heterocycles. The number of thioether (sulfide) groups is 1. The lowest BCUT2D eigenvalue weighted by Crippen LogP contribution is -2.29. The number of nitrogens with zero attached hydrogens (tertiary/aromatic N) is 4. The third-order valence-electron chi connectivity index (χ3n) is 5.88. The van der Waals surface area contributed by atoms with Crippen LogP contribution in [0.5, 0.6) is 5.75 Å². The second-order valence-electron chi connectivity index (χ2n) is 8.49. The second-order valence-corrected chi connectivity index (χ2v) is 9.62. The molecule has 1 amide bonds. The van der Waals surface area contributed by atoms with E-state index in [1.54, 1.807) is 19.2 Å². The maximum atomic E-state index is 13.5. The summed E-state index contributed by atoms with van der Waals surface area (Å²) in [5, 5.41) is 7.50. The number of hydrogen-bond donors (Lipinski definition) is 2. The lowest BCUT2D eigenvalue weighted by Gasteiger charge is -2.16. The molecule has 3 aromatic rings. The Morgan fingerprint density at radius 2 is 1.81 bits per heavy atom. The summed E-state index contributed by atoms with van der Waals surface area (Å²) in [5.74, 6) is 0.394. The molecule has 1 aliphatic carbocycles. The molecule has 4 heterocycles. The summed E-state index contributed by atoms with van der Waals surface area (Å²) in [6.07, 6.45) is 11.4. The third kappa shape index (κ3) is 8.16. The Kier molecular flexibility index (Phi) is 13.2. The number of rotatable bonds is 6. The highest BCUT2D eigenvalue weighted by Gasteiger charge is 2.36. The summed E-state index contributed by atoms with van der Waals surface area (Å²) in [4.78, 5) is 34.0. The first kappa shape index (κ1) is 34.0. The van der Waals surface area contributed by atoms with Crippen molar-refractivity contribution in [2.24, 2.45) is 11.0 Å². The van der Waals surface area contributed by atoms with Gasteiger partial charge in [-0.15, -0.1) is 12.8 Å². The Morgan fingerprint density at radius 3 is 2.40 bits per heavy atom. The van der Waals surface area contributed by atoms with Crippen molar-refractivity contribution in [1.29, 1.82) is 0 Å². The minimum Gasteiger partial charge on any atom is -0.494 e. The fourth-order valence-electron chi connectivity index (χ4n) is 3.82. The number of terminal acetylenes is 1. The average Bonchev–Trinajstić information content (AvgIpc) is 3.77. The normalized spacial score (nSPS) is 14.9. The van der Waals surface area contributed by atoms with Gasteiger partial charge in [0.15, 0.2) is 5.17 Å². The van der Waals surface area contributed by atoms with E-state index in [1.807, 2.05) is 27.7 Å². The van der Waals surface area contributed by atoms with Crippen molar-refractivity contribution in [3.8, 4) is 35.5 Å². The van der Waals surface area contributed by atoms with Crippen LogP contribution in [0, 0.1) is 25.7 Å². The summed E-state index contributed by atoms with van der Waals surface area (Å²) in [7, 11) is 1.38. The van der Waals surface area contributed by atoms with Gasteiger partial charge in [-0.25, -0.2) is 13.8 Å². The predicted molar refractivity (Wildman–Crippen MR) is 164 cm³/mol. The zero-order valence-corrected chi connectivity index (χ0v) is 25.3. The topological polar surface area (TPSA) is 111 Å². The molecule has 12 heteroatoms. The van der Waals surface area contributed by atoms with E-state index in [1.165, 1.54) is 54.0 Å². The average molecular weight is 599 g/mol. The standard InChI is InChI=1S/C24H22F2N6O3S.2C2H6.C2H2/c1-12-5-6-32(20(33)7-12)19-9-14(15-8-17(21(25)26)27-11-18(15)35-2)16(10-28-19)22(34)29-24-31-30-23(36-24)13-3-4-13;3*1-2/h5-11,13,21,23,30H,3-4H2,1-2H3,(H,29,31,34);2*1-2H3;1-2H. The lowest BCUT2D eigenvalue weighted by atomic mass is 10.00. The maximum absolute atomic E-state index is 13.5. The second kappa shape index (κ2) is 16.3. The summed E-state index contributed by atoms with van der Waals surface area (Å²) >= 11 is 1.43. The minimum atomic E-state index is -2.83. The monoisotopic (exact) mass is 598 g/mol. The van der Waals surface area contributed by atoms with E-state index in [4.69, 9.17) is 4.74 Å². The number of carbonyl (C=O) groups is 1. The van der Waals surface area contributed by atoms with E-state index in [0.29, 0.717) is 11.1 Å². The molecule has 1 saturated carbocycles. The van der Waals surface area contributed by atoms with Crippen LogP contribution < -0.4 is 21.0 Å². The number of amides is 1. The number of carbonyl (C=O) groups excluding carboxylic acids is 1. The van der Waals surface area contributed by atoms with Crippen LogP contribution in [-0.4, -0.2) is 38.1 Å². The first-order chi connectivity index (χ1) is 20.3. The number of hydrogen-bond acceptors (Lipinski definition) is 8. The van der Waals surface area contributed by atoms with Crippen molar-refractivity contribution >= 4 is 22.8 Å². The van der Waals surface area contributed by atoms with E-state index < -0.39 is 18.0 Å². The molecule has 1 atom stereocenters. The molecule has 0 aromatic carbocycles. The third-order valence-corrected chi connectivity index (χ3v) is 7.04. The number of hydrazone groups is 1. The molecular formula is C30H36F2N6O3S. The molecule has 224 valence electrons. The Bertz CT molecular complexity index is 1470. The van der Waals surface area contributed by atoms with Crippen molar-refractivity contribution in [3.05, 3.63) is 70.0 Å². The number of aryl methyl sites for hydroxylation is 1. The van der Waals surface area contributed by atoms with Gasteiger partial charge >= 0.3 is 0 Å². The number of methoxy groups -OCH3 is 1. The minimum absolute atomic E-state index is 0.0989. The number of halogens is 2. The molecule has 1 unspecified atom stereocenters. The van der Waals surface area contributed by atoms with E-state index in [9.17, 15) is 18.4 Å². The molecule has 1 fully saturated rings. The highest BCUT2D eigenvalue weighted by atomic mass is 32.2. The number of alkyl halides is 2. The molecule has 9 nitrogen and oxygen atoms in total. The highest BCUT2D eigenvalue weighted by Crippen LogP contribution is 2.40. The van der Waals surface area contributed by atoms with Crippen LogP contribution in [0.15, 0.2) is 52.8 Å². The smallest absolute Gasteiger partial charge is 0.280 e. The number of amidine groups is 1. The zero-order valence-electron chi connectivity index (χ0n) is 24.5. The van der Waals surface area contributed by atoms with E-state index in [2.05, 4.69) is 38.7 Å². The lowest BCUT2D eigenvalue weighted by molar-refractivity contribution is 0.0978. The first-order valence-electron chi connectivity index (χ1n) is 13.5. The maximum Gasteiger partial charge on any atom is 0.280 e. The molecule has 5 rings (SSSR count). The SMILES string of the molecule is C#C.CC.CC.COc1cnc(C(F)F)cc1-c1cc(-n2ccc(C)cc2=O)ncc1C(=O)NC1=NNC(C2CC2)S1. The van der Waals surface area contributed by atoms with E-state index >= 15 is 0 Å². The van der Waals surface area contributed by atoms with Crippen LogP contribution in [-0.2, 0) is 0 Å². The van der Waals surface area contributed by atoms with Crippen LogP contribution in [0.4, 0.5) is 8.78 Å². The van der Waals surface area contributed by atoms with Gasteiger partial charge in [0, 0.05) is 29.6 Å². The molecule has 1 aliphatic heterocycles. The predicted octanol–water partition coefficient (Wildman–Crippen LogP) is 5.92. The van der Waals surface area contributed by atoms with Crippen LogP contribution in [0.2, 0.25) is 0 Å². The van der Waals surface area contributed by atoms with Crippen LogP contribution in [0.25, 0.3) is 16.9 Å².